The van der Waals surface area contributed by atoms with Crippen LogP contribution in [0, 0.1) is 5.92 Å². The summed E-state index contributed by atoms with van der Waals surface area (Å²) in [5, 5.41) is 3.37. The molecule has 3 aromatic rings. The third kappa shape index (κ3) is 4.08. The molecule has 0 aliphatic heterocycles. The van der Waals surface area contributed by atoms with Gasteiger partial charge >= 0.3 is 12.1 Å². The van der Waals surface area contributed by atoms with Crippen molar-refractivity contribution in [3.05, 3.63) is 59.9 Å². The highest BCUT2D eigenvalue weighted by atomic mass is 19.4. The van der Waals surface area contributed by atoms with E-state index in [0.29, 0.717) is 24.4 Å². The number of rotatable bonds is 6. The molecule has 9 heteroatoms. The second-order valence-electron chi connectivity index (χ2n) is 6.67. The molecule has 1 aliphatic rings. The largest absolute Gasteiger partial charge is 0.471 e. The van der Waals surface area contributed by atoms with E-state index in [-0.39, 0.29) is 17.6 Å². The van der Waals surface area contributed by atoms with Crippen molar-refractivity contribution in [3.8, 4) is 11.4 Å². The van der Waals surface area contributed by atoms with E-state index in [1.54, 1.807) is 41.5 Å². The lowest BCUT2D eigenvalue weighted by molar-refractivity contribution is -0.159. The number of hydrogen-bond acceptors (Lipinski definition) is 5. The van der Waals surface area contributed by atoms with Crippen molar-refractivity contribution in [2.45, 2.75) is 32.1 Å². The molecule has 28 heavy (non-hydrogen) atoms. The van der Waals surface area contributed by atoms with Crippen LogP contribution in [0.1, 0.15) is 30.1 Å². The van der Waals surface area contributed by atoms with Crippen molar-refractivity contribution >= 4 is 5.91 Å². The fourth-order valence-electron chi connectivity index (χ4n) is 2.83. The fraction of sp³-hybridized carbons (Fsp3) is 0.316. The molecule has 0 saturated heterocycles. The number of furan rings is 1. The van der Waals surface area contributed by atoms with Crippen LogP contribution in [0.3, 0.4) is 0 Å². The number of aromatic nitrogens is 2. The first-order valence-electron chi connectivity index (χ1n) is 8.71. The van der Waals surface area contributed by atoms with E-state index in [1.165, 1.54) is 0 Å². The van der Waals surface area contributed by atoms with Gasteiger partial charge in [-0.25, -0.2) is 0 Å². The monoisotopic (exact) mass is 391 g/mol. The lowest BCUT2D eigenvalue weighted by Gasteiger charge is -2.22. The number of alkyl halides is 3. The van der Waals surface area contributed by atoms with Gasteiger partial charge in [-0.15, -0.1) is 0 Å². The summed E-state index contributed by atoms with van der Waals surface area (Å²) in [6, 6.07) is 10.2. The zero-order valence-electron chi connectivity index (χ0n) is 14.6. The number of amides is 1. The summed E-state index contributed by atoms with van der Waals surface area (Å²) in [5.74, 6) is -0.688. The Morgan fingerprint density at radius 2 is 1.89 bits per heavy atom. The van der Waals surface area contributed by atoms with Gasteiger partial charge in [0.25, 0.3) is 0 Å². The molecular formula is C19H16F3N3O3. The van der Waals surface area contributed by atoms with Gasteiger partial charge in [0.15, 0.2) is 0 Å². The highest BCUT2D eigenvalue weighted by Crippen LogP contribution is 2.32. The molecule has 1 amide bonds. The Labute approximate surface area is 157 Å². The van der Waals surface area contributed by atoms with Gasteiger partial charge < -0.3 is 13.8 Å². The van der Waals surface area contributed by atoms with E-state index in [2.05, 4.69) is 14.7 Å². The summed E-state index contributed by atoms with van der Waals surface area (Å²) in [5.41, 5.74) is 1.23. The highest BCUT2D eigenvalue weighted by Gasteiger charge is 2.38. The lowest BCUT2D eigenvalue weighted by atomic mass is 10.1. The first-order valence-corrected chi connectivity index (χ1v) is 8.71. The zero-order chi connectivity index (χ0) is 19.7. The molecule has 1 aromatic carbocycles. The molecule has 4 rings (SSSR count). The predicted octanol–water partition coefficient (Wildman–Crippen LogP) is 4.29. The van der Waals surface area contributed by atoms with Gasteiger partial charge in [0.2, 0.25) is 11.7 Å². The Bertz CT molecular complexity index is 945. The fourth-order valence-corrected chi connectivity index (χ4v) is 2.83. The van der Waals surface area contributed by atoms with Crippen LogP contribution in [-0.4, -0.2) is 20.9 Å². The summed E-state index contributed by atoms with van der Waals surface area (Å²) in [4.78, 5) is 17.7. The summed E-state index contributed by atoms with van der Waals surface area (Å²) < 4.78 is 47.4. The number of benzene rings is 1. The van der Waals surface area contributed by atoms with Crippen LogP contribution < -0.4 is 0 Å². The summed E-state index contributed by atoms with van der Waals surface area (Å²) in [6.45, 7) is 0.736. The van der Waals surface area contributed by atoms with E-state index < -0.39 is 12.1 Å². The number of carbonyl (C=O) groups excluding carboxylic acids is 1. The maximum Gasteiger partial charge on any atom is 0.471 e. The Balaban J connectivity index is 1.49. The van der Waals surface area contributed by atoms with Crippen molar-refractivity contribution in [1.29, 1.82) is 0 Å². The minimum Gasteiger partial charge on any atom is -0.467 e. The minimum absolute atomic E-state index is 0.0642. The van der Waals surface area contributed by atoms with Crippen molar-refractivity contribution in [1.82, 2.24) is 15.0 Å². The molecule has 2 aromatic heterocycles. The van der Waals surface area contributed by atoms with Crippen LogP contribution in [0.4, 0.5) is 13.2 Å². The zero-order valence-corrected chi connectivity index (χ0v) is 14.6. The second-order valence-corrected chi connectivity index (χ2v) is 6.67. The van der Waals surface area contributed by atoms with Gasteiger partial charge in [-0.1, -0.05) is 29.4 Å². The molecule has 0 atom stereocenters. The SMILES string of the molecule is O=C(C1CC1)N(Cc1ccc(-c2noc(C(F)(F)F)n2)cc1)Cc1ccco1. The van der Waals surface area contributed by atoms with Gasteiger partial charge in [-0.3, -0.25) is 4.79 Å². The van der Waals surface area contributed by atoms with Crippen LogP contribution in [-0.2, 0) is 24.1 Å². The van der Waals surface area contributed by atoms with Crippen molar-refractivity contribution in [3.63, 3.8) is 0 Å². The average Bonchev–Trinajstić information content (AvgIpc) is 3.16. The molecule has 0 bridgehead atoms. The number of hydrogen-bond donors (Lipinski definition) is 0. The quantitative estimate of drug-likeness (QED) is 0.627. The van der Waals surface area contributed by atoms with E-state index in [0.717, 1.165) is 18.4 Å². The first kappa shape index (κ1) is 18.3. The van der Waals surface area contributed by atoms with Crippen LogP contribution in [0.2, 0.25) is 0 Å². The Hall–Kier alpha value is -3.10. The van der Waals surface area contributed by atoms with Crippen molar-refractivity contribution in [2.24, 2.45) is 5.92 Å². The Kier molecular flexibility index (Phi) is 4.66. The molecule has 0 N–H and O–H groups in total. The average molecular weight is 391 g/mol. The normalized spacial score (nSPS) is 14.2. The third-order valence-electron chi connectivity index (χ3n) is 4.42. The number of nitrogens with zero attached hydrogens (tertiary/aromatic N) is 3. The molecule has 2 heterocycles. The topological polar surface area (TPSA) is 72.4 Å². The number of carbonyl (C=O) groups is 1. The molecule has 0 radical (unpaired) electrons. The smallest absolute Gasteiger partial charge is 0.467 e. The predicted molar refractivity (Wildman–Crippen MR) is 90.4 cm³/mol. The van der Waals surface area contributed by atoms with Gasteiger partial charge in [0.05, 0.1) is 12.8 Å². The summed E-state index contributed by atoms with van der Waals surface area (Å²) in [7, 11) is 0. The summed E-state index contributed by atoms with van der Waals surface area (Å²) in [6.07, 6.45) is -1.33. The van der Waals surface area contributed by atoms with Gasteiger partial charge in [0, 0.05) is 18.0 Å². The molecule has 1 aliphatic carbocycles. The summed E-state index contributed by atoms with van der Waals surface area (Å²) >= 11 is 0. The molecule has 0 spiro atoms. The standard InChI is InChI=1S/C19H16F3N3O3/c20-19(21,22)18-23-16(24-28-18)13-5-3-12(4-6-13)10-25(17(26)14-7-8-14)11-15-2-1-9-27-15/h1-6,9,14H,7-8,10-11H2. The van der Waals surface area contributed by atoms with Crippen molar-refractivity contribution < 1.29 is 26.9 Å². The van der Waals surface area contributed by atoms with Gasteiger partial charge in [0.1, 0.15) is 5.76 Å². The lowest BCUT2D eigenvalue weighted by Crippen LogP contribution is -2.31. The molecule has 146 valence electrons. The number of halogens is 3. The molecule has 1 fully saturated rings. The maximum atomic E-state index is 12.6. The van der Waals surface area contributed by atoms with E-state index >= 15 is 0 Å². The van der Waals surface area contributed by atoms with E-state index in [9.17, 15) is 18.0 Å². The van der Waals surface area contributed by atoms with Crippen LogP contribution in [0.25, 0.3) is 11.4 Å². The van der Waals surface area contributed by atoms with Crippen LogP contribution >= 0.6 is 0 Å². The van der Waals surface area contributed by atoms with Gasteiger partial charge in [-0.2, -0.15) is 18.2 Å². The molecule has 0 unspecified atom stereocenters. The Morgan fingerprint density at radius 1 is 1.14 bits per heavy atom. The van der Waals surface area contributed by atoms with E-state index in [1.807, 2.05) is 6.07 Å². The van der Waals surface area contributed by atoms with Crippen molar-refractivity contribution in [2.75, 3.05) is 0 Å². The molecule has 6 nitrogen and oxygen atoms in total. The molecule has 1 saturated carbocycles. The highest BCUT2D eigenvalue weighted by molar-refractivity contribution is 5.81. The van der Waals surface area contributed by atoms with Gasteiger partial charge in [-0.05, 0) is 30.5 Å². The minimum atomic E-state index is -4.68. The van der Waals surface area contributed by atoms with Crippen LogP contribution in [0.5, 0.6) is 0 Å². The molecular weight excluding hydrogens is 375 g/mol. The van der Waals surface area contributed by atoms with Crippen LogP contribution in [0.15, 0.2) is 51.6 Å². The maximum absolute atomic E-state index is 12.6. The Morgan fingerprint density at radius 3 is 2.46 bits per heavy atom. The third-order valence-corrected chi connectivity index (χ3v) is 4.42. The first-order chi connectivity index (χ1) is 13.4. The second kappa shape index (κ2) is 7.14. The van der Waals surface area contributed by atoms with E-state index in [4.69, 9.17) is 4.42 Å².